The lowest BCUT2D eigenvalue weighted by Crippen LogP contribution is -2.18. The van der Waals surface area contributed by atoms with Gasteiger partial charge in [-0.25, -0.2) is 0 Å². The highest BCUT2D eigenvalue weighted by molar-refractivity contribution is 5.85. The average molecular weight is 309 g/mol. The summed E-state index contributed by atoms with van der Waals surface area (Å²) in [4.78, 5) is 4.06. The van der Waals surface area contributed by atoms with Gasteiger partial charge in [-0.2, -0.15) is 0 Å². The molecule has 0 saturated carbocycles. The van der Waals surface area contributed by atoms with Crippen molar-refractivity contribution in [2.75, 3.05) is 6.61 Å². The van der Waals surface area contributed by atoms with E-state index in [0.29, 0.717) is 12.2 Å². The molecule has 1 aromatic heterocycles. The lowest BCUT2D eigenvalue weighted by atomic mass is 10.1. The first-order valence-corrected chi connectivity index (χ1v) is 7.63. The fourth-order valence-electron chi connectivity index (χ4n) is 2.46. The number of benzene rings is 2. The van der Waals surface area contributed by atoms with E-state index in [2.05, 4.69) is 4.98 Å². The molecule has 0 fully saturated rings. The van der Waals surface area contributed by atoms with Crippen LogP contribution in [0.5, 0.6) is 11.5 Å². The summed E-state index contributed by atoms with van der Waals surface area (Å²) < 4.78 is 5.66. The number of phenols is 1. The number of rotatable bonds is 6. The minimum absolute atomic E-state index is 0.228. The summed E-state index contributed by atoms with van der Waals surface area (Å²) in [6.07, 6.45) is 4.41. The van der Waals surface area contributed by atoms with Crippen LogP contribution < -0.4 is 4.74 Å². The van der Waals surface area contributed by atoms with Gasteiger partial charge in [0.05, 0.1) is 6.10 Å². The zero-order chi connectivity index (χ0) is 16.1. The predicted octanol–water partition coefficient (Wildman–Crippen LogP) is 3.31. The van der Waals surface area contributed by atoms with Crippen molar-refractivity contribution in [2.45, 2.75) is 18.9 Å². The van der Waals surface area contributed by atoms with Crippen LogP contribution in [0.15, 0.2) is 60.9 Å². The van der Waals surface area contributed by atoms with Crippen LogP contribution in [0.3, 0.4) is 0 Å². The summed E-state index contributed by atoms with van der Waals surface area (Å²) in [7, 11) is 0. The van der Waals surface area contributed by atoms with Crippen molar-refractivity contribution in [3.8, 4) is 11.5 Å². The molecule has 0 aliphatic heterocycles. The van der Waals surface area contributed by atoms with Gasteiger partial charge in [-0.1, -0.05) is 18.2 Å². The zero-order valence-corrected chi connectivity index (χ0v) is 12.7. The van der Waals surface area contributed by atoms with Crippen LogP contribution in [-0.4, -0.2) is 27.9 Å². The van der Waals surface area contributed by atoms with Crippen molar-refractivity contribution in [3.63, 3.8) is 0 Å². The molecule has 2 aromatic carbocycles. The van der Waals surface area contributed by atoms with Gasteiger partial charge < -0.3 is 14.9 Å². The molecule has 1 atom stereocenters. The topological polar surface area (TPSA) is 62.6 Å². The SMILES string of the molecule is Oc1ccc2ccc(OCC(O)CCc3cccnc3)cc2c1. The highest BCUT2D eigenvalue weighted by atomic mass is 16.5. The zero-order valence-electron chi connectivity index (χ0n) is 12.7. The molecule has 2 N–H and O–H groups in total. The normalized spacial score (nSPS) is 12.2. The van der Waals surface area contributed by atoms with Crippen molar-refractivity contribution in [3.05, 3.63) is 66.5 Å². The van der Waals surface area contributed by atoms with Crippen LogP contribution in [0.4, 0.5) is 0 Å². The number of ether oxygens (including phenoxy) is 1. The van der Waals surface area contributed by atoms with Gasteiger partial charge in [0.2, 0.25) is 0 Å². The molecule has 23 heavy (non-hydrogen) atoms. The van der Waals surface area contributed by atoms with E-state index in [4.69, 9.17) is 4.74 Å². The van der Waals surface area contributed by atoms with Crippen molar-refractivity contribution >= 4 is 10.8 Å². The molecule has 0 spiro atoms. The van der Waals surface area contributed by atoms with Crippen molar-refractivity contribution < 1.29 is 14.9 Å². The summed E-state index contributed by atoms with van der Waals surface area (Å²) in [6, 6.07) is 14.8. The highest BCUT2D eigenvalue weighted by Gasteiger charge is 2.07. The second-order valence-corrected chi connectivity index (χ2v) is 5.56. The number of fused-ring (bicyclic) bond motifs is 1. The largest absolute Gasteiger partial charge is 0.508 e. The summed E-state index contributed by atoms with van der Waals surface area (Å²) >= 11 is 0. The minimum atomic E-state index is -0.532. The number of hydrogen-bond acceptors (Lipinski definition) is 4. The molecule has 118 valence electrons. The van der Waals surface area contributed by atoms with E-state index >= 15 is 0 Å². The van der Waals surface area contributed by atoms with Gasteiger partial charge in [-0.3, -0.25) is 4.98 Å². The van der Waals surface area contributed by atoms with E-state index in [1.165, 1.54) is 0 Å². The van der Waals surface area contributed by atoms with Crippen LogP contribution in [0, 0.1) is 0 Å². The van der Waals surface area contributed by atoms with Crippen molar-refractivity contribution in [2.24, 2.45) is 0 Å². The van der Waals surface area contributed by atoms with Crippen LogP contribution >= 0.6 is 0 Å². The summed E-state index contributed by atoms with van der Waals surface area (Å²) in [5.74, 6) is 0.912. The Balaban J connectivity index is 1.55. The first-order chi connectivity index (χ1) is 11.2. The van der Waals surface area contributed by atoms with E-state index in [9.17, 15) is 10.2 Å². The van der Waals surface area contributed by atoms with Crippen molar-refractivity contribution in [1.29, 1.82) is 0 Å². The quantitative estimate of drug-likeness (QED) is 0.733. The van der Waals surface area contributed by atoms with E-state index in [0.717, 1.165) is 22.8 Å². The lowest BCUT2D eigenvalue weighted by molar-refractivity contribution is 0.100. The number of aryl methyl sites for hydroxylation is 1. The fourth-order valence-corrected chi connectivity index (χ4v) is 2.46. The number of aromatic nitrogens is 1. The van der Waals surface area contributed by atoms with Gasteiger partial charge >= 0.3 is 0 Å². The monoisotopic (exact) mass is 309 g/mol. The molecule has 3 rings (SSSR count). The molecule has 1 unspecified atom stereocenters. The Kier molecular flexibility index (Phi) is 4.74. The van der Waals surface area contributed by atoms with E-state index in [-0.39, 0.29) is 12.4 Å². The number of nitrogens with zero attached hydrogens (tertiary/aromatic N) is 1. The third-order valence-electron chi connectivity index (χ3n) is 3.73. The van der Waals surface area contributed by atoms with Gasteiger partial charge in [0, 0.05) is 12.4 Å². The maximum absolute atomic E-state index is 10.0. The van der Waals surface area contributed by atoms with E-state index in [1.807, 2.05) is 42.6 Å². The highest BCUT2D eigenvalue weighted by Crippen LogP contribution is 2.24. The third kappa shape index (κ3) is 4.20. The Hall–Kier alpha value is -2.59. The Labute approximate surface area is 135 Å². The van der Waals surface area contributed by atoms with E-state index < -0.39 is 6.10 Å². The molecule has 0 saturated heterocycles. The van der Waals surface area contributed by atoms with Gasteiger partial charge in [0.15, 0.2) is 0 Å². The van der Waals surface area contributed by atoms with Crippen molar-refractivity contribution in [1.82, 2.24) is 4.98 Å². The molecule has 0 amide bonds. The standard InChI is InChI=1S/C19H19NO3/c21-17-7-4-15-5-8-19(11-16(15)10-17)23-13-18(22)6-3-14-2-1-9-20-12-14/h1-2,4-5,7-12,18,21-22H,3,6,13H2. The Morgan fingerprint density at radius 3 is 2.74 bits per heavy atom. The molecule has 3 aromatic rings. The number of hydrogen-bond donors (Lipinski definition) is 2. The van der Waals surface area contributed by atoms with E-state index in [1.54, 1.807) is 18.3 Å². The fraction of sp³-hybridized carbons (Fsp3) is 0.211. The maximum atomic E-state index is 10.0. The smallest absolute Gasteiger partial charge is 0.120 e. The van der Waals surface area contributed by atoms with Crippen LogP contribution in [0.25, 0.3) is 10.8 Å². The van der Waals surface area contributed by atoms with Crippen LogP contribution in [0.1, 0.15) is 12.0 Å². The Morgan fingerprint density at radius 1 is 1.04 bits per heavy atom. The number of aliphatic hydroxyl groups excluding tert-OH is 1. The molecule has 0 aliphatic carbocycles. The molecule has 1 heterocycles. The minimum Gasteiger partial charge on any atom is -0.508 e. The summed E-state index contributed by atoms with van der Waals surface area (Å²) in [5, 5.41) is 21.5. The maximum Gasteiger partial charge on any atom is 0.120 e. The summed E-state index contributed by atoms with van der Waals surface area (Å²) in [5.41, 5.74) is 1.10. The number of aliphatic hydroxyl groups is 1. The van der Waals surface area contributed by atoms with Gasteiger partial charge in [-0.05, 0) is 59.5 Å². The molecule has 0 bridgehead atoms. The van der Waals surface area contributed by atoms with Gasteiger partial charge in [0.25, 0.3) is 0 Å². The third-order valence-corrected chi connectivity index (χ3v) is 3.73. The molecule has 4 nitrogen and oxygen atoms in total. The van der Waals surface area contributed by atoms with Crippen LogP contribution in [-0.2, 0) is 6.42 Å². The van der Waals surface area contributed by atoms with Gasteiger partial charge in [-0.15, -0.1) is 0 Å². The second kappa shape index (κ2) is 7.11. The number of aromatic hydroxyl groups is 1. The first kappa shape index (κ1) is 15.3. The molecule has 4 heteroatoms. The molecule has 0 aliphatic rings. The lowest BCUT2D eigenvalue weighted by Gasteiger charge is -2.13. The second-order valence-electron chi connectivity index (χ2n) is 5.56. The Bertz CT molecular complexity index is 774. The first-order valence-electron chi connectivity index (χ1n) is 7.63. The average Bonchev–Trinajstić information content (AvgIpc) is 2.58. The molecular weight excluding hydrogens is 290 g/mol. The molecular formula is C19H19NO3. The number of pyridine rings is 1. The molecule has 0 radical (unpaired) electrons. The number of phenolic OH excluding ortho intramolecular Hbond substituents is 1. The van der Waals surface area contributed by atoms with Crippen LogP contribution in [0.2, 0.25) is 0 Å². The predicted molar refractivity (Wildman–Crippen MR) is 89.7 cm³/mol. The summed E-state index contributed by atoms with van der Waals surface area (Å²) in [6.45, 7) is 0.241. The van der Waals surface area contributed by atoms with Gasteiger partial charge in [0.1, 0.15) is 18.1 Å². The Morgan fingerprint density at radius 2 is 1.91 bits per heavy atom.